The van der Waals surface area contributed by atoms with Gasteiger partial charge in [0, 0.05) is 30.0 Å². The molecule has 0 aromatic carbocycles. The highest BCUT2D eigenvalue weighted by atomic mass is 19.4. The van der Waals surface area contributed by atoms with Crippen LogP contribution in [-0.4, -0.2) is 35.7 Å². The molecule has 3 heterocycles. The van der Waals surface area contributed by atoms with Gasteiger partial charge in [-0.15, -0.1) is 0 Å². The lowest BCUT2D eigenvalue weighted by Crippen LogP contribution is -2.42. The number of rotatable bonds is 4. The van der Waals surface area contributed by atoms with Gasteiger partial charge in [0.25, 0.3) is 0 Å². The minimum absolute atomic E-state index is 0.0304. The van der Waals surface area contributed by atoms with Crippen LogP contribution in [0.25, 0.3) is 5.70 Å². The lowest BCUT2D eigenvalue weighted by atomic mass is 10.1. The summed E-state index contributed by atoms with van der Waals surface area (Å²) < 4.78 is 38.0. The number of piperidine rings is 1. The molecule has 1 amide bonds. The van der Waals surface area contributed by atoms with Crippen molar-refractivity contribution in [2.75, 3.05) is 6.54 Å². The van der Waals surface area contributed by atoms with E-state index < -0.39 is 11.7 Å². The van der Waals surface area contributed by atoms with E-state index in [0.29, 0.717) is 23.4 Å². The molecule has 3 aliphatic rings. The Morgan fingerprint density at radius 3 is 2.81 bits per heavy atom. The fourth-order valence-electron chi connectivity index (χ4n) is 3.45. The van der Waals surface area contributed by atoms with Gasteiger partial charge in [0.15, 0.2) is 0 Å². The third kappa shape index (κ3) is 3.60. The molecule has 1 saturated heterocycles. The van der Waals surface area contributed by atoms with E-state index in [1.807, 2.05) is 0 Å². The molecule has 26 heavy (non-hydrogen) atoms. The number of halogens is 3. The molecule has 4 rings (SSSR count). The lowest BCUT2D eigenvalue weighted by molar-refractivity contribution is -0.123. The van der Waals surface area contributed by atoms with Crippen molar-refractivity contribution >= 4 is 11.6 Å². The van der Waals surface area contributed by atoms with Crippen molar-refractivity contribution in [2.24, 2.45) is 5.92 Å². The van der Waals surface area contributed by atoms with Gasteiger partial charge in [0.1, 0.15) is 0 Å². The number of allylic oxidation sites excluding steroid dienone is 2. The number of hydrogen-bond acceptors (Lipinski definition) is 4. The van der Waals surface area contributed by atoms with E-state index >= 15 is 0 Å². The molecule has 8 heteroatoms. The first-order valence-electron chi connectivity index (χ1n) is 8.61. The summed E-state index contributed by atoms with van der Waals surface area (Å²) in [7, 11) is 0. The van der Waals surface area contributed by atoms with E-state index in [4.69, 9.17) is 0 Å². The Labute approximate surface area is 148 Å². The molecule has 3 N–H and O–H groups in total. The normalized spacial score (nSPS) is 27.1. The van der Waals surface area contributed by atoms with Crippen LogP contribution >= 0.6 is 0 Å². The van der Waals surface area contributed by atoms with Gasteiger partial charge in [-0.05, 0) is 37.0 Å². The third-order valence-electron chi connectivity index (χ3n) is 5.05. The van der Waals surface area contributed by atoms with Gasteiger partial charge >= 0.3 is 6.18 Å². The average molecular weight is 364 g/mol. The second-order valence-corrected chi connectivity index (χ2v) is 6.93. The SMILES string of the molecule is O=C(NCc1cc(C2=CC=C(C(F)(F)F)CN2)ccn1)C1CC2CC2N1. The maximum absolute atomic E-state index is 12.7. The minimum Gasteiger partial charge on any atom is -0.380 e. The summed E-state index contributed by atoms with van der Waals surface area (Å²) in [6.45, 7) is 0.0243. The van der Waals surface area contributed by atoms with Crippen LogP contribution < -0.4 is 16.0 Å². The highest BCUT2D eigenvalue weighted by Gasteiger charge is 2.47. The summed E-state index contributed by atoms with van der Waals surface area (Å²) in [5.74, 6) is 0.614. The van der Waals surface area contributed by atoms with Gasteiger partial charge in [-0.3, -0.25) is 9.78 Å². The molecular weight excluding hydrogens is 345 g/mol. The van der Waals surface area contributed by atoms with E-state index in [9.17, 15) is 18.0 Å². The number of carbonyl (C=O) groups is 1. The number of pyridine rings is 1. The number of fused-ring (bicyclic) bond motifs is 1. The molecule has 1 aliphatic carbocycles. The van der Waals surface area contributed by atoms with Crippen molar-refractivity contribution in [1.82, 2.24) is 20.9 Å². The number of carbonyl (C=O) groups excluding carboxylic acids is 1. The van der Waals surface area contributed by atoms with Crippen molar-refractivity contribution in [3.8, 4) is 0 Å². The predicted molar refractivity (Wildman–Crippen MR) is 89.6 cm³/mol. The van der Waals surface area contributed by atoms with Crippen LogP contribution in [0, 0.1) is 5.92 Å². The summed E-state index contributed by atoms with van der Waals surface area (Å²) in [4.78, 5) is 16.4. The summed E-state index contributed by atoms with van der Waals surface area (Å²) >= 11 is 0. The monoisotopic (exact) mass is 364 g/mol. The van der Waals surface area contributed by atoms with Crippen molar-refractivity contribution in [2.45, 2.75) is 37.6 Å². The van der Waals surface area contributed by atoms with E-state index in [-0.39, 0.29) is 25.0 Å². The molecule has 0 spiro atoms. The summed E-state index contributed by atoms with van der Waals surface area (Å²) in [5.41, 5.74) is 1.39. The summed E-state index contributed by atoms with van der Waals surface area (Å²) in [6, 6.07) is 3.87. The van der Waals surface area contributed by atoms with Crippen LogP contribution in [0.1, 0.15) is 24.1 Å². The minimum atomic E-state index is -4.32. The maximum atomic E-state index is 12.7. The Balaban J connectivity index is 1.38. The van der Waals surface area contributed by atoms with Crippen LogP contribution in [0.15, 0.2) is 36.1 Å². The molecule has 1 aromatic heterocycles. The second kappa shape index (κ2) is 6.42. The molecule has 0 radical (unpaired) electrons. The number of dihydropyridines is 1. The summed E-state index contributed by atoms with van der Waals surface area (Å²) in [5, 5.41) is 8.95. The topological polar surface area (TPSA) is 66.0 Å². The quantitative estimate of drug-likeness (QED) is 0.763. The smallest absolute Gasteiger partial charge is 0.380 e. The Bertz CT molecular complexity index is 777. The number of amides is 1. The first-order valence-corrected chi connectivity index (χ1v) is 8.61. The van der Waals surface area contributed by atoms with Gasteiger partial charge < -0.3 is 16.0 Å². The van der Waals surface area contributed by atoms with Gasteiger partial charge in [0.2, 0.25) is 5.91 Å². The molecule has 138 valence electrons. The van der Waals surface area contributed by atoms with Crippen LogP contribution in [0.4, 0.5) is 13.2 Å². The van der Waals surface area contributed by atoms with Crippen LogP contribution in [-0.2, 0) is 11.3 Å². The van der Waals surface area contributed by atoms with E-state index in [2.05, 4.69) is 20.9 Å². The maximum Gasteiger partial charge on any atom is 0.414 e. The first-order chi connectivity index (χ1) is 12.4. The van der Waals surface area contributed by atoms with Gasteiger partial charge in [0.05, 0.1) is 23.9 Å². The van der Waals surface area contributed by atoms with Gasteiger partial charge in [-0.25, -0.2) is 0 Å². The number of nitrogens with one attached hydrogen (secondary N) is 3. The number of hydrogen-bond donors (Lipinski definition) is 3. The Morgan fingerprint density at radius 2 is 2.15 bits per heavy atom. The number of nitrogens with zero attached hydrogens (tertiary/aromatic N) is 1. The summed E-state index contributed by atoms with van der Waals surface area (Å²) in [6.07, 6.45) is 1.82. The highest BCUT2D eigenvalue weighted by molar-refractivity contribution is 5.82. The molecular formula is C18H19F3N4O. The fraction of sp³-hybridized carbons (Fsp3) is 0.444. The molecule has 2 fully saturated rings. The van der Waals surface area contributed by atoms with Gasteiger partial charge in [-0.2, -0.15) is 13.2 Å². The van der Waals surface area contributed by atoms with E-state index in [0.717, 1.165) is 18.1 Å². The Kier molecular flexibility index (Phi) is 4.22. The highest BCUT2D eigenvalue weighted by Crippen LogP contribution is 2.40. The van der Waals surface area contributed by atoms with Crippen molar-refractivity contribution in [3.63, 3.8) is 0 Å². The number of alkyl halides is 3. The zero-order valence-corrected chi connectivity index (χ0v) is 13.9. The largest absolute Gasteiger partial charge is 0.414 e. The molecule has 5 nitrogen and oxygen atoms in total. The molecule has 3 unspecified atom stereocenters. The Hall–Kier alpha value is -2.35. The predicted octanol–water partition coefficient (Wildman–Crippen LogP) is 1.88. The first kappa shape index (κ1) is 17.1. The lowest BCUT2D eigenvalue weighted by Gasteiger charge is -2.19. The molecule has 3 atom stereocenters. The van der Waals surface area contributed by atoms with Crippen LogP contribution in [0.2, 0.25) is 0 Å². The standard InChI is InChI=1S/C18H19F3N4O/c19-18(20,21)12-1-2-14(23-8-12)10-3-4-22-13(5-10)9-24-17(26)16-7-11-6-15(11)25-16/h1-5,11,15-16,23,25H,6-9H2,(H,24,26). The van der Waals surface area contributed by atoms with E-state index in [1.165, 1.54) is 12.5 Å². The van der Waals surface area contributed by atoms with Crippen LogP contribution in [0.3, 0.4) is 0 Å². The van der Waals surface area contributed by atoms with Gasteiger partial charge in [-0.1, -0.05) is 6.08 Å². The van der Waals surface area contributed by atoms with Crippen molar-refractivity contribution < 1.29 is 18.0 Å². The Morgan fingerprint density at radius 1 is 1.31 bits per heavy atom. The zero-order chi connectivity index (χ0) is 18.3. The third-order valence-corrected chi connectivity index (χ3v) is 5.05. The zero-order valence-electron chi connectivity index (χ0n) is 13.9. The van der Waals surface area contributed by atoms with E-state index in [1.54, 1.807) is 18.3 Å². The molecule has 1 aromatic rings. The van der Waals surface area contributed by atoms with Crippen molar-refractivity contribution in [3.05, 3.63) is 47.3 Å². The fourth-order valence-corrected chi connectivity index (χ4v) is 3.45. The average Bonchev–Trinajstić information content (AvgIpc) is 3.24. The van der Waals surface area contributed by atoms with Crippen molar-refractivity contribution in [1.29, 1.82) is 0 Å². The number of aromatic nitrogens is 1. The molecule has 1 saturated carbocycles. The van der Waals surface area contributed by atoms with Crippen LogP contribution in [0.5, 0.6) is 0 Å². The second-order valence-electron chi connectivity index (χ2n) is 6.93. The molecule has 2 aliphatic heterocycles. The molecule has 0 bridgehead atoms.